The highest BCUT2D eigenvalue weighted by Crippen LogP contribution is 2.49. The molecule has 0 heterocycles. The highest BCUT2D eigenvalue weighted by molar-refractivity contribution is 5.05. The van der Waals surface area contributed by atoms with Gasteiger partial charge in [0.2, 0.25) is 0 Å². The zero-order valence-corrected chi connectivity index (χ0v) is 11.1. The lowest BCUT2D eigenvalue weighted by molar-refractivity contribution is 0.240. The van der Waals surface area contributed by atoms with E-state index in [9.17, 15) is 0 Å². The Kier molecular flexibility index (Phi) is 3.40. The number of rotatable bonds is 2. The van der Waals surface area contributed by atoms with Crippen LogP contribution in [0.3, 0.4) is 0 Å². The molecule has 1 fully saturated rings. The zero-order valence-electron chi connectivity index (χ0n) is 11.1. The molecule has 0 amide bonds. The van der Waals surface area contributed by atoms with E-state index in [1.807, 2.05) is 0 Å². The second-order valence-electron chi connectivity index (χ2n) is 6.56. The summed E-state index contributed by atoms with van der Waals surface area (Å²) in [6.45, 7) is 2.50. The van der Waals surface area contributed by atoms with Gasteiger partial charge in [-0.15, -0.1) is 0 Å². The fraction of sp³-hybridized carbons (Fsp3) is 0.765. The molecule has 3 aliphatic carbocycles. The van der Waals surface area contributed by atoms with Gasteiger partial charge in [0.1, 0.15) is 0 Å². The highest BCUT2D eigenvalue weighted by Gasteiger charge is 2.40. The maximum absolute atomic E-state index is 2.53. The molecule has 1 saturated carbocycles. The molecular weight excluding hydrogens is 204 g/mol. The van der Waals surface area contributed by atoms with Crippen LogP contribution in [0.4, 0.5) is 0 Å². The molecule has 0 spiro atoms. The highest BCUT2D eigenvalue weighted by atomic mass is 14.5. The molecule has 0 aromatic rings. The molecule has 0 nitrogen and oxygen atoms in total. The first kappa shape index (κ1) is 11.6. The van der Waals surface area contributed by atoms with Gasteiger partial charge in [-0.2, -0.15) is 0 Å². The molecule has 3 aliphatic rings. The van der Waals surface area contributed by atoms with Gasteiger partial charge < -0.3 is 0 Å². The van der Waals surface area contributed by atoms with Crippen LogP contribution in [0.5, 0.6) is 0 Å². The third-order valence-electron chi connectivity index (χ3n) is 5.45. The molecule has 5 atom stereocenters. The van der Waals surface area contributed by atoms with E-state index in [4.69, 9.17) is 0 Å². The van der Waals surface area contributed by atoms with Gasteiger partial charge in [-0.1, -0.05) is 31.2 Å². The number of fused-ring (bicyclic) bond motifs is 1. The molecule has 94 valence electrons. The van der Waals surface area contributed by atoms with Gasteiger partial charge >= 0.3 is 0 Å². The van der Waals surface area contributed by atoms with Crippen LogP contribution < -0.4 is 0 Å². The Balaban J connectivity index is 1.67. The zero-order chi connectivity index (χ0) is 11.7. The Bertz CT molecular complexity index is 312. The van der Waals surface area contributed by atoms with E-state index in [0.29, 0.717) is 0 Å². The van der Waals surface area contributed by atoms with E-state index >= 15 is 0 Å². The standard InChI is InChI=1S/C17H26/c1-13-11-15-9-5-6-10-16(15)17(13)12-14-7-3-2-4-8-14/h3,5,7,9,13-17H,2,4,6,8,10-12H2,1H3. The van der Waals surface area contributed by atoms with Crippen LogP contribution >= 0.6 is 0 Å². The Hall–Kier alpha value is -0.520. The molecule has 5 unspecified atom stereocenters. The van der Waals surface area contributed by atoms with E-state index in [2.05, 4.69) is 31.2 Å². The fourth-order valence-electron chi connectivity index (χ4n) is 4.56. The van der Waals surface area contributed by atoms with E-state index in [1.165, 1.54) is 44.9 Å². The minimum atomic E-state index is 0.904. The molecule has 0 aromatic heterocycles. The summed E-state index contributed by atoms with van der Waals surface area (Å²) in [4.78, 5) is 0. The molecule has 0 saturated heterocycles. The summed E-state index contributed by atoms with van der Waals surface area (Å²) in [5, 5.41) is 0. The SMILES string of the molecule is CC1CC2C=CCCC2C1CC1C=CCCC1. The summed E-state index contributed by atoms with van der Waals surface area (Å²) in [7, 11) is 0. The number of hydrogen-bond donors (Lipinski definition) is 0. The number of allylic oxidation sites excluding steroid dienone is 4. The number of hydrogen-bond acceptors (Lipinski definition) is 0. The molecule has 0 radical (unpaired) electrons. The third kappa shape index (κ3) is 2.37. The van der Waals surface area contributed by atoms with E-state index in [0.717, 1.165) is 29.6 Å². The van der Waals surface area contributed by atoms with Crippen molar-refractivity contribution in [3.63, 3.8) is 0 Å². The first-order valence-corrected chi connectivity index (χ1v) is 7.68. The molecule has 17 heavy (non-hydrogen) atoms. The van der Waals surface area contributed by atoms with Gasteiger partial charge in [-0.3, -0.25) is 0 Å². The van der Waals surface area contributed by atoms with Crippen molar-refractivity contribution in [1.82, 2.24) is 0 Å². The van der Waals surface area contributed by atoms with Gasteiger partial charge in [0.05, 0.1) is 0 Å². The first-order valence-electron chi connectivity index (χ1n) is 7.68. The Labute approximate surface area is 106 Å². The van der Waals surface area contributed by atoms with Crippen LogP contribution in [0.2, 0.25) is 0 Å². The Morgan fingerprint density at radius 2 is 1.94 bits per heavy atom. The van der Waals surface area contributed by atoms with Gasteiger partial charge in [-0.25, -0.2) is 0 Å². The van der Waals surface area contributed by atoms with Crippen molar-refractivity contribution in [2.24, 2.45) is 29.6 Å². The second kappa shape index (κ2) is 5.00. The topological polar surface area (TPSA) is 0 Å². The average Bonchev–Trinajstić information content (AvgIpc) is 2.68. The van der Waals surface area contributed by atoms with Crippen LogP contribution in [-0.2, 0) is 0 Å². The minimum Gasteiger partial charge on any atom is -0.0883 e. The van der Waals surface area contributed by atoms with Crippen molar-refractivity contribution in [3.05, 3.63) is 24.3 Å². The molecular formula is C17H26. The molecule has 3 rings (SSSR count). The summed E-state index contributed by atoms with van der Waals surface area (Å²) in [5.41, 5.74) is 0. The molecule has 0 heteroatoms. The lowest BCUT2D eigenvalue weighted by atomic mass is 9.75. The van der Waals surface area contributed by atoms with Crippen LogP contribution in [0.25, 0.3) is 0 Å². The predicted octanol–water partition coefficient (Wildman–Crippen LogP) is 4.97. The molecule has 0 aliphatic heterocycles. The normalized spacial score (nSPS) is 44.9. The lowest BCUT2D eigenvalue weighted by Gasteiger charge is -2.30. The summed E-state index contributed by atoms with van der Waals surface area (Å²) in [5.74, 6) is 4.82. The van der Waals surface area contributed by atoms with Crippen LogP contribution in [-0.4, -0.2) is 0 Å². The van der Waals surface area contributed by atoms with Gasteiger partial charge in [0.25, 0.3) is 0 Å². The summed E-state index contributed by atoms with van der Waals surface area (Å²) in [6.07, 6.45) is 19.8. The lowest BCUT2D eigenvalue weighted by Crippen LogP contribution is -2.21. The molecule has 0 bridgehead atoms. The van der Waals surface area contributed by atoms with Gasteiger partial charge in [0.15, 0.2) is 0 Å². The van der Waals surface area contributed by atoms with E-state index < -0.39 is 0 Å². The van der Waals surface area contributed by atoms with Crippen molar-refractivity contribution in [2.75, 3.05) is 0 Å². The minimum absolute atomic E-state index is 0.904. The fourth-order valence-corrected chi connectivity index (χ4v) is 4.56. The monoisotopic (exact) mass is 230 g/mol. The summed E-state index contributed by atoms with van der Waals surface area (Å²) >= 11 is 0. The van der Waals surface area contributed by atoms with Crippen molar-refractivity contribution in [2.45, 2.75) is 51.9 Å². The van der Waals surface area contributed by atoms with Gasteiger partial charge in [0, 0.05) is 0 Å². The van der Waals surface area contributed by atoms with E-state index in [1.54, 1.807) is 0 Å². The van der Waals surface area contributed by atoms with Crippen molar-refractivity contribution in [3.8, 4) is 0 Å². The quantitative estimate of drug-likeness (QED) is 0.587. The maximum Gasteiger partial charge on any atom is -0.0200 e. The first-order chi connectivity index (χ1) is 8.34. The van der Waals surface area contributed by atoms with Crippen LogP contribution in [0, 0.1) is 29.6 Å². The van der Waals surface area contributed by atoms with Crippen molar-refractivity contribution >= 4 is 0 Å². The smallest absolute Gasteiger partial charge is 0.0200 e. The van der Waals surface area contributed by atoms with Crippen molar-refractivity contribution in [1.29, 1.82) is 0 Å². The van der Waals surface area contributed by atoms with Gasteiger partial charge in [-0.05, 0) is 74.5 Å². The second-order valence-corrected chi connectivity index (χ2v) is 6.56. The predicted molar refractivity (Wildman–Crippen MR) is 73.7 cm³/mol. The Morgan fingerprint density at radius 3 is 2.76 bits per heavy atom. The largest absolute Gasteiger partial charge is 0.0883 e. The average molecular weight is 230 g/mol. The summed E-state index contributed by atoms with van der Waals surface area (Å²) in [6, 6.07) is 0. The van der Waals surface area contributed by atoms with Crippen molar-refractivity contribution < 1.29 is 0 Å². The maximum atomic E-state index is 2.53. The van der Waals surface area contributed by atoms with Crippen LogP contribution in [0.1, 0.15) is 51.9 Å². The Morgan fingerprint density at radius 1 is 1.06 bits per heavy atom. The van der Waals surface area contributed by atoms with Crippen LogP contribution in [0.15, 0.2) is 24.3 Å². The molecule has 0 N–H and O–H groups in total. The summed E-state index contributed by atoms with van der Waals surface area (Å²) < 4.78 is 0. The third-order valence-corrected chi connectivity index (χ3v) is 5.45. The molecule has 0 aromatic carbocycles. The van der Waals surface area contributed by atoms with E-state index in [-0.39, 0.29) is 0 Å².